The second-order valence-corrected chi connectivity index (χ2v) is 6.14. The molecule has 140 valence electrons. The molecular formula is C17H19N7OS2. The molecule has 0 aromatic carbocycles. The van der Waals surface area contributed by atoms with Gasteiger partial charge in [0, 0.05) is 18.5 Å². The van der Waals surface area contributed by atoms with Gasteiger partial charge in [0.15, 0.2) is 9.88 Å². The first kappa shape index (κ1) is 20.2. The van der Waals surface area contributed by atoms with E-state index in [4.69, 9.17) is 23.7 Å². The molecule has 3 heterocycles. The normalized spacial score (nSPS) is 9.78. The number of H-pyrrole nitrogens is 1. The predicted octanol–water partition coefficient (Wildman–Crippen LogP) is 1.35. The fraction of sp³-hybridized carbons (Fsp3) is 0.118. The fourth-order valence-electron chi connectivity index (χ4n) is 2.04. The third-order valence-electron chi connectivity index (χ3n) is 3.28. The highest BCUT2D eigenvalue weighted by Crippen LogP contribution is 2.04. The molecule has 3 aromatic rings. The van der Waals surface area contributed by atoms with E-state index in [-0.39, 0.29) is 5.56 Å². The first-order valence-electron chi connectivity index (χ1n) is 7.88. The van der Waals surface area contributed by atoms with Gasteiger partial charge in [0.05, 0.1) is 24.5 Å². The lowest BCUT2D eigenvalue weighted by Crippen LogP contribution is -2.28. The highest BCUT2D eigenvalue weighted by molar-refractivity contribution is 7.80. The summed E-state index contributed by atoms with van der Waals surface area (Å²) in [5.74, 6) is 0.333. The second kappa shape index (κ2) is 10.1. The van der Waals surface area contributed by atoms with E-state index in [1.807, 2.05) is 36.4 Å². The van der Waals surface area contributed by atoms with Gasteiger partial charge in [0.25, 0.3) is 5.56 Å². The number of hydrogen-bond donors (Lipinski definition) is 4. The van der Waals surface area contributed by atoms with E-state index >= 15 is 0 Å². The molecule has 27 heavy (non-hydrogen) atoms. The Balaban J connectivity index is 0.000000208. The summed E-state index contributed by atoms with van der Waals surface area (Å²) >= 11 is 9.66. The largest absolute Gasteiger partial charge is 0.385 e. The van der Waals surface area contributed by atoms with Gasteiger partial charge in [-0.1, -0.05) is 12.1 Å². The van der Waals surface area contributed by atoms with Gasteiger partial charge in [-0.3, -0.25) is 24.3 Å². The second-order valence-electron chi connectivity index (χ2n) is 5.31. The minimum absolute atomic E-state index is 0.292. The Labute approximate surface area is 166 Å². The molecule has 3 aromatic heterocycles. The van der Waals surface area contributed by atoms with E-state index in [9.17, 15) is 4.79 Å². The predicted molar refractivity (Wildman–Crippen MR) is 112 cm³/mol. The van der Waals surface area contributed by atoms with Crippen LogP contribution in [-0.4, -0.2) is 24.6 Å². The average Bonchev–Trinajstić information content (AvgIpc) is 2.65. The van der Waals surface area contributed by atoms with Crippen LogP contribution in [0.2, 0.25) is 0 Å². The van der Waals surface area contributed by atoms with Gasteiger partial charge in [-0.2, -0.15) is 0 Å². The molecule has 0 radical (unpaired) electrons. The van der Waals surface area contributed by atoms with Crippen LogP contribution < -0.4 is 22.3 Å². The van der Waals surface area contributed by atoms with Crippen LogP contribution in [0, 0.1) is 4.77 Å². The molecule has 0 bridgehead atoms. The number of pyridine rings is 2. The number of aromatic amines is 1. The van der Waals surface area contributed by atoms with Gasteiger partial charge in [-0.15, -0.1) is 0 Å². The van der Waals surface area contributed by atoms with Crippen molar-refractivity contribution >= 4 is 35.4 Å². The van der Waals surface area contributed by atoms with Crippen LogP contribution in [0.5, 0.6) is 0 Å². The van der Waals surface area contributed by atoms with Crippen LogP contribution in [0.1, 0.15) is 11.4 Å². The number of nitrogens with zero attached hydrogens (tertiary/aromatic N) is 3. The molecule has 0 spiro atoms. The minimum Gasteiger partial charge on any atom is -0.385 e. The third kappa shape index (κ3) is 6.96. The fourth-order valence-corrected chi connectivity index (χ4v) is 2.38. The van der Waals surface area contributed by atoms with Gasteiger partial charge in [0.1, 0.15) is 5.82 Å². The summed E-state index contributed by atoms with van der Waals surface area (Å²) < 4.78 is 1.93. The maximum Gasteiger partial charge on any atom is 0.253 e. The summed E-state index contributed by atoms with van der Waals surface area (Å²) in [5, 5.41) is 3.11. The molecule has 0 aliphatic rings. The highest BCUT2D eigenvalue weighted by atomic mass is 32.1. The maximum atomic E-state index is 11.1. The molecular weight excluding hydrogens is 382 g/mol. The van der Waals surface area contributed by atoms with Crippen molar-refractivity contribution in [3.8, 4) is 0 Å². The number of hydrogen-bond acceptors (Lipinski definition) is 6. The van der Waals surface area contributed by atoms with Gasteiger partial charge >= 0.3 is 0 Å². The maximum absolute atomic E-state index is 11.1. The number of rotatable bonds is 4. The highest BCUT2D eigenvalue weighted by Gasteiger charge is 2.01. The van der Waals surface area contributed by atoms with E-state index in [1.54, 1.807) is 17.0 Å². The van der Waals surface area contributed by atoms with Gasteiger partial charge in [-0.25, -0.2) is 0 Å². The van der Waals surface area contributed by atoms with Crippen LogP contribution in [-0.2, 0) is 13.1 Å². The Bertz CT molecular complexity index is 987. The Morgan fingerprint density at radius 2 is 1.78 bits per heavy atom. The number of nitrogen functional groups attached to an aromatic ring is 1. The molecule has 0 atom stereocenters. The number of nitrogens with one attached hydrogen (secondary N) is 2. The number of aromatic nitrogens is 4. The molecule has 0 aliphatic heterocycles. The number of nitrogens with two attached hydrogens (primary N) is 2. The molecule has 0 unspecified atom stereocenters. The topological polar surface area (TPSA) is 128 Å². The smallest absolute Gasteiger partial charge is 0.253 e. The average molecular weight is 402 g/mol. The van der Waals surface area contributed by atoms with Crippen LogP contribution >= 0.6 is 24.4 Å². The quantitative estimate of drug-likeness (QED) is 0.482. The molecule has 6 N–H and O–H groups in total. The summed E-state index contributed by atoms with van der Waals surface area (Å²) in [5.41, 5.74) is 12.4. The van der Waals surface area contributed by atoms with Crippen LogP contribution in [0.15, 0.2) is 59.7 Å². The van der Waals surface area contributed by atoms with E-state index in [0.717, 1.165) is 11.4 Å². The Kier molecular flexibility index (Phi) is 7.59. The van der Waals surface area contributed by atoms with Crippen molar-refractivity contribution in [2.75, 3.05) is 5.73 Å². The van der Waals surface area contributed by atoms with Crippen molar-refractivity contribution in [2.24, 2.45) is 5.73 Å². The Morgan fingerprint density at radius 3 is 2.30 bits per heavy atom. The first-order valence-corrected chi connectivity index (χ1v) is 8.70. The van der Waals surface area contributed by atoms with Gasteiger partial charge < -0.3 is 16.8 Å². The summed E-state index contributed by atoms with van der Waals surface area (Å²) in [6.45, 7) is 1.04. The van der Waals surface area contributed by atoms with Crippen LogP contribution in [0.3, 0.4) is 0 Å². The van der Waals surface area contributed by atoms with Crippen LogP contribution in [0.25, 0.3) is 0 Å². The van der Waals surface area contributed by atoms with Crippen LogP contribution in [0.4, 0.5) is 5.82 Å². The van der Waals surface area contributed by atoms with Crippen molar-refractivity contribution in [3.05, 3.63) is 81.4 Å². The lowest BCUT2D eigenvalue weighted by molar-refractivity contribution is 0.739. The van der Waals surface area contributed by atoms with Crippen molar-refractivity contribution in [1.29, 1.82) is 0 Å². The van der Waals surface area contributed by atoms with E-state index < -0.39 is 0 Å². The van der Waals surface area contributed by atoms with E-state index in [0.29, 0.717) is 28.8 Å². The molecule has 0 amide bonds. The SMILES string of the molecule is NC(=S)NCc1ccccn1.Nc1cc(=O)[nH]c(=S)n1Cc1ccccn1. The summed E-state index contributed by atoms with van der Waals surface area (Å²) in [6.07, 6.45) is 3.43. The third-order valence-corrected chi connectivity index (χ3v) is 3.75. The number of anilines is 1. The van der Waals surface area contributed by atoms with E-state index in [2.05, 4.69) is 32.5 Å². The molecule has 3 rings (SSSR count). The Morgan fingerprint density at radius 1 is 1.15 bits per heavy atom. The van der Waals surface area contributed by atoms with Gasteiger partial charge in [0.2, 0.25) is 0 Å². The number of thiocarbonyl (C=S) groups is 1. The van der Waals surface area contributed by atoms with Crippen molar-refractivity contribution < 1.29 is 0 Å². The zero-order valence-electron chi connectivity index (χ0n) is 14.3. The molecule has 10 heteroatoms. The molecule has 0 fully saturated rings. The molecule has 8 nitrogen and oxygen atoms in total. The monoisotopic (exact) mass is 401 g/mol. The zero-order valence-corrected chi connectivity index (χ0v) is 16.0. The minimum atomic E-state index is -0.292. The lowest BCUT2D eigenvalue weighted by atomic mass is 10.3. The van der Waals surface area contributed by atoms with Crippen molar-refractivity contribution in [2.45, 2.75) is 13.1 Å². The Hall–Kier alpha value is -3.11. The van der Waals surface area contributed by atoms with Crippen molar-refractivity contribution in [1.82, 2.24) is 24.8 Å². The lowest BCUT2D eigenvalue weighted by Gasteiger charge is -2.08. The summed E-state index contributed by atoms with van der Waals surface area (Å²) in [6, 6.07) is 12.6. The molecule has 0 saturated heterocycles. The van der Waals surface area contributed by atoms with E-state index in [1.165, 1.54) is 6.07 Å². The molecule has 0 aliphatic carbocycles. The molecule has 0 saturated carbocycles. The van der Waals surface area contributed by atoms with Crippen molar-refractivity contribution in [3.63, 3.8) is 0 Å². The first-order chi connectivity index (χ1) is 13.0. The summed E-state index contributed by atoms with van der Waals surface area (Å²) in [7, 11) is 0. The zero-order chi connectivity index (χ0) is 19.6. The standard InChI is InChI=1S/C10H10N4OS.C7H9N3S/c11-8-5-9(15)13-10(16)14(8)6-7-3-1-2-4-12-7;8-7(11)10-5-6-3-1-2-4-9-6/h1-5H,6,11H2,(H,13,15,16);1-4H,5H2,(H3,8,10,11). The summed E-state index contributed by atoms with van der Waals surface area (Å²) in [4.78, 5) is 21.8. The van der Waals surface area contributed by atoms with Gasteiger partial charge in [-0.05, 0) is 48.7 Å².